The molecule has 0 aliphatic carbocycles. The maximum Gasteiger partial charge on any atom is 0.256 e. The first-order valence-corrected chi connectivity index (χ1v) is 8.21. The van der Waals surface area contributed by atoms with Crippen molar-refractivity contribution >= 4 is 23.4 Å². The summed E-state index contributed by atoms with van der Waals surface area (Å²) in [6.45, 7) is 6.17. The van der Waals surface area contributed by atoms with Gasteiger partial charge < -0.3 is 5.32 Å². The van der Waals surface area contributed by atoms with Crippen LogP contribution < -0.4 is 5.32 Å². The van der Waals surface area contributed by atoms with Crippen molar-refractivity contribution in [3.05, 3.63) is 59.2 Å². The summed E-state index contributed by atoms with van der Waals surface area (Å²) in [6, 6.07) is 13.8. The summed E-state index contributed by atoms with van der Waals surface area (Å²) in [5.41, 5.74) is 3.83. The van der Waals surface area contributed by atoms with Gasteiger partial charge in [0.15, 0.2) is 0 Å². The van der Waals surface area contributed by atoms with E-state index in [9.17, 15) is 4.79 Å². The fourth-order valence-corrected chi connectivity index (χ4v) is 3.10. The minimum atomic E-state index is -0.0356. The maximum absolute atomic E-state index is 12.6. The molecule has 0 unspecified atom stereocenters. The molecule has 1 N–H and O–H groups in total. The molecular formula is C18H21NOS. The summed E-state index contributed by atoms with van der Waals surface area (Å²) in [5.74, 6) is 0.986. The smallest absolute Gasteiger partial charge is 0.256 e. The highest BCUT2D eigenvalue weighted by Gasteiger charge is 2.13. The second-order valence-electron chi connectivity index (χ2n) is 5.07. The van der Waals surface area contributed by atoms with Crippen molar-refractivity contribution in [1.82, 2.24) is 0 Å². The lowest BCUT2D eigenvalue weighted by Gasteiger charge is -2.13. The summed E-state index contributed by atoms with van der Waals surface area (Å²) >= 11 is 1.73. The van der Waals surface area contributed by atoms with Crippen LogP contribution in [-0.2, 0) is 0 Å². The summed E-state index contributed by atoms with van der Waals surface area (Å²) in [4.78, 5) is 13.6. The van der Waals surface area contributed by atoms with Gasteiger partial charge in [0.2, 0.25) is 0 Å². The van der Waals surface area contributed by atoms with Crippen LogP contribution in [0.25, 0.3) is 0 Å². The number of hydrogen-bond acceptors (Lipinski definition) is 2. The lowest BCUT2D eigenvalue weighted by Crippen LogP contribution is -2.14. The SMILES string of the molecule is CCCSc1ccccc1C(=O)Nc1c(C)cccc1C. The first kappa shape index (κ1) is 15.6. The zero-order valence-corrected chi connectivity index (χ0v) is 13.6. The summed E-state index contributed by atoms with van der Waals surface area (Å²) in [5, 5.41) is 3.06. The van der Waals surface area contributed by atoms with Gasteiger partial charge in [0, 0.05) is 10.6 Å². The van der Waals surface area contributed by atoms with Crippen LogP contribution in [0.5, 0.6) is 0 Å². The summed E-state index contributed by atoms with van der Waals surface area (Å²) in [7, 11) is 0. The molecule has 0 aliphatic heterocycles. The van der Waals surface area contributed by atoms with E-state index in [4.69, 9.17) is 0 Å². The van der Waals surface area contributed by atoms with Gasteiger partial charge >= 0.3 is 0 Å². The van der Waals surface area contributed by atoms with Gasteiger partial charge in [-0.1, -0.05) is 37.3 Å². The second-order valence-corrected chi connectivity index (χ2v) is 6.20. The van der Waals surface area contributed by atoms with E-state index in [0.717, 1.165) is 39.4 Å². The molecule has 1 amide bonds. The fourth-order valence-electron chi connectivity index (χ4n) is 2.18. The van der Waals surface area contributed by atoms with Crippen LogP contribution in [0.2, 0.25) is 0 Å². The number of carbonyl (C=O) groups is 1. The van der Waals surface area contributed by atoms with Gasteiger partial charge in [0.1, 0.15) is 0 Å². The number of thioether (sulfide) groups is 1. The second kappa shape index (κ2) is 7.32. The molecule has 0 spiro atoms. The van der Waals surface area contributed by atoms with E-state index in [2.05, 4.69) is 12.2 Å². The number of carbonyl (C=O) groups excluding carboxylic acids is 1. The van der Waals surface area contributed by atoms with E-state index in [-0.39, 0.29) is 5.91 Å². The molecule has 0 saturated heterocycles. The van der Waals surface area contributed by atoms with E-state index < -0.39 is 0 Å². The number of aryl methyl sites for hydroxylation is 2. The van der Waals surface area contributed by atoms with E-state index >= 15 is 0 Å². The number of nitrogens with one attached hydrogen (secondary N) is 1. The molecule has 3 heteroatoms. The number of hydrogen-bond donors (Lipinski definition) is 1. The van der Waals surface area contributed by atoms with Gasteiger partial charge in [-0.3, -0.25) is 4.79 Å². The molecule has 0 heterocycles. The highest BCUT2D eigenvalue weighted by Crippen LogP contribution is 2.25. The number of rotatable bonds is 5. The first-order valence-electron chi connectivity index (χ1n) is 7.23. The molecule has 0 atom stereocenters. The van der Waals surface area contributed by atoms with Crippen LogP contribution in [0.15, 0.2) is 47.4 Å². The van der Waals surface area contributed by atoms with Gasteiger partial charge in [-0.15, -0.1) is 11.8 Å². The zero-order chi connectivity index (χ0) is 15.2. The standard InChI is InChI=1S/C18H21NOS/c1-4-12-21-16-11-6-5-10-15(16)18(20)19-17-13(2)8-7-9-14(17)3/h5-11H,4,12H2,1-3H3,(H,19,20). The van der Waals surface area contributed by atoms with Crippen LogP contribution in [0, 0.1) is 13.8 Å². The Hall–Kier alpha value is -1.74. The Labute approximate surface area is 131 Å². The van der Waals surface area contributed by atoms with Gasteiger partial charge in [-0.05, 0) is 49.3 Å². The third-order valence-electron chi connectivity index (χ3n) is 3.31. The van der Waals surface area contributed by atoms with Gasteiger partial charge in [-0.25, -0.2) is 0 Å². The number of anilines is 1. The Morgan fingerprint density at radius 1 is 1.05 bits per heavy atom. The Balaban J connectivity index is 2.25. The average Bonchev–Trinajstić information content (AvgIpc) is 2.49. The predicted octanol–water partition coefficient (Wildman–Crippen LogP) is 5.06. The molecule has 0 radical (unpaired) electrons. The molecule has 2 rings (SSSR count). The number of amides is 1. The van der Waals surface area contributed by atoms with E-state index in [0.29, 0.717) is 0 Å². The Morgan fingerprint density at radius 3 is 2.38 bits per heavy atom. The lowest BCUT2D eigenvalue weighted by atomic mass is 10.1. The van der Waals surface area contributed by atoms with E-state index in [1.807, 2.05) is 56.3 Å². The van der Waals surface area contributed by atoms with Crippen LogP contribution in [0.3, 0.4) is 0 Å². The topological polar surface area (TPSA) is 29.1 Å². The molecule has 0 aliphatic rings. The van der Waals surface area contributed by atoms with Crippen LogP contribution >= 0.6 is 11.8 Å². The van der Waals surface area contributed by atoms with Crippen molar-refractivity contribution in [2.45, 2.75) is 32.1 Å². The third-order valence-corrected chi connectivity index (χ3v) is 4.59. The number of benzene rings is 2. The molecule has 0 bridgehead atoms. The molecule has 110 valence electrons. The zero-order valence-electron chi connectivity index (χ0n) is 12.8. The van der Waals surface area contributed by atoms with Gasteiger partial charge in [0.25, 0.3) is 5.91 Å². The van der Waals surface area contributed by atoms with E-state index in [1.54, 1.807) is 11.8 Å². The monoisotopic (exact) mass is 299 g/mol. The molecule has 21 heavy (non-hydrogen) atoms. The molecule has 0 fully saturated rings. The first-order chi connectivity index (χ1) is 10.1. The van der Waals surface area contributed by atoms with Crippen LogP contribution in [-0.4, -0.2) is 11.7 Å². The number of para-hydroxylation sites is 1. The largest absolute Gasteiger partial charge is 0.321 e. The molecule has 0 aromatic heterocycles. The summed E-state index contributed by atoms with van der Waals surface area (Å²) < 4.78 is 0. The highest BCUT2D eigenvalue weighted by molar-refractivity contribution is 7.99. The lowest BCUT2D eigenvalue weighted by molar-refractivity contribution is 0.102. The quantitative estimate of drug-likeness (QED) is 0.782. The third kappa shape index (κ3) is 3.88. The van der Waals surface area contributed by atoms with Crippen molar-refractivity contribution in [1.29, 1.82) is 0 Å². The van der Waals surface area contributed by atoms with Crippen molar-refractivity contribution < 1.29 is 4.79 Å². The van der Waals surface area contributed by atoms with E-state index in [1.165, 1.54) is 0 Å². The van der Waals surface area contributed by atoms with Gasteiger partial charge in [-0.2, -0.15) is 0 Å². The Morgan fingerprint density at radius 2 is 1.71 bits per heavy atom. The van der Waals surface area contributed by atoms with Crippen LogP contribution in [0.1, 0.15) is 34.8 Å². The average molecular weight is 299 g/mol. The molecular weight excluding hydrogens is 278 g/mol. The van der Waals surface area contributed by atoms with Crippen molar-refractivity contribution in [3.8, 4) is 0 Å². The normalized spacial score (nSPS) is 10.4. The Kier molecular flexibility index (Phi) is 5.45. The fraction of sp³-hybridized carbons (Fsp3) is 0.278. The summed E-state index contributed by atoms with van der Waals surface area (Å²) in [6.07, 6.45) is 1.09. The van der Waals surface area contributed by atoms with Crippen molar-refractivity contribution in [2.24, 2.45) is 0 Å². The van der Waals surface area contributed by atoms with Crippen LogP contribution in [0.4, 0.5) is 5.69 Å². The maximum atomic E-state index is 12.6. The minimum absolute atomic E-state index is 0.0356. The Bertz CT molecular complexity index is 617. The molecule has 2 aromatic rings. The molecule has 0 saturated carbocycles. The van der Waals surface area contributed by atoms with Crippen molar-refractivity contribution in [3.63, 3.8) is 0 Å². The molecule has 2 nitrogen and oxygen atoms in total. The van der Waals surface area contributed by atoms with Gasteiger partial charge in [0.05, 0.1) is 5.56 Å². The highest BCUT2D eigenvalue weighted by atomic mass is 32.2. The molecule has 2 aromatic carbocycles. The minimum Gasteiger partial charge on any atom is -0.321 e. The van der Waals surface area contributed by atoms with Crippen molar-refractivity contribution in [2.75, 3.05) is 11.1 Å². The predicted molar refractivity (Wildman–Crippen MR) is 91.3 cm³/mol.